The van der Waals surface area contributed by atoms with Gasteiger partial charge in [0.1, 0.15) is 18.1 Å². The topological polar surface area (TPSA) is 91.0 Å². The zero-order valence-electron chi connectivity index (χ0n) is 17.9. The molecule has 1 heterocycles. The highest BCUT2D eigenvalue weighted by molar-refractivity contribution is 5.94. The Bertz CT molecular complexity index is 993. The first-order chi connectivity index (χ1) is 15.2. The third-order valence-corrected chi connectivity index (χ3v) is 4.29. The van der Waals surface area contributed by atoms with E-state index < -0.39 is 0 Å². The Morgan fingerprint density at radius 3 is 2.52 bits per heavy atom. The number of hydrogen-bond donors (Lipinski definition) is 2. The zero-order chi connectivity index (χ0) is 21.9. The van der Waals surface area contributed by atoms with Crippen molar-refractivity contribution in [2.45, 2.75) is 27.0 Å². The number of nitrogens with zero attached hydrogens (tertiary/aromatic N) is 2. The quantitative estimate of drug-likeness (QED) is 0.373. The minimum Gasteiger partial charge on any atom is -0.494 e. The molecule has 0 spiro atoms. The van der Waals surface area contributed by atoms with Gasteiger partial charge in [0.25, 0.3) is 0 Å². The molecule has 7 heteroatoms. The number of ether oxygens (including phenoxy) is 3. The molecule has 3 N–H and O–H groups in total. The number of hydrogen-bond acceptors (Lipinski definition) is 5. The second kappa shape index (κ2) is 11.4. The van der Waals surface area contributed by atoms with Gasteiger partial charge in [0.05, 0.1) is 25.4 Å². The number of nitrogens with one attached hydrogen (secondary N) is 1. The number of aliphatic imine (C=N–C) groups is 1. The van der Waals surface area contributed by atoms with E-state index in [2.05, 4.69) is 15.3 Å². The fourth-order valence-corrected chi connectivity index (χ4v) is 2.86. The van der Waals surface area contributed by atoms with Crippen LogP contribution in [0.15, 0.2) is 71.9 Å². The summed E-state index contributed by atoms with van der Waals surface area (Å²) in [5, 5.41) is 3.10. The number of pyridine rings is 1. The summed E-state index contributed by atoms with van der Waals surface area (Å²) in [4.78, 5) is 8.69. The van der Waals surface area contributed by atoms with Gasteiger partial charge in [-0.3, -0.25) is 0 Å². The maximum Gasteiger partial charge on any atom is 0.213 e. The van der Waals surface area contributed by atoms with Crippen LogP contribution in [0, 0.1) is 0 Å². The van der Waals surface area contributed by atoms with E-state index in [1.54, 1.807) is 6.20 Å². The van der Waals surface area contributed by atoms with Gasteiger partial charge >= 0.3 is 0 Å². The van der Waals surface area contributed by atoms with Crippen LogP contribution in [0.4, 0.5) is 5.69 Å². The predicted octanol–water partition coefficient (Wildman–Crippen LogP) is 4.38. The molecule has 0 saturated carbocycles. The molecular formula is C24H28N4O3. The Labute approximate surface area is 182 Å². The van der Waals surface area contributed by atoms with E-state index >= 15 is 0 Å². The van der Waals surface area contributed by atoms with Gasteiger partial charge in [-0.15, -0.1) is 0 Å². The molecule has 7 nitrogen and oxygen atoms in total. The van der Waals surface area contributed by atoms with Crippen molar-refractivity contribution in [3.05, 3.63) is 78.0 Å². The molecule has 0 aliphatic rings. The lowest BCUT2D eigenvalue weighted by atomic mass is 10.2. The smallest absolute Gasteiger partial charge is 0.213 e. The van der Waals surface area contributed by atoms with Gasteiger partial charge in [0, 0.05) is 18.3 Å². The molecule has 0 amide bonds. The zero-order valence-corrected chi connectivity index (χ0v) is 17.9. The van der Waals surface area contributed by atoms with Crippen molar-refractivity contribution >= 4 is 11.6 Å². The van der Waals surface area contributed by atoms with E-state index in [0.29, 0.717) is 43.7 Å². The minimum absolute atomic E-state index is 0.276. The van der Waals surface area contributed by atoms with Crippen LogP contribution < -0.4 is 25.3 Å². The fraction of sp³-hybridized carbons (Fsp3) is 0.250. The molecule has 162 valence electrons. The monoisotopic (exact) mass is 420 g/mol. The molecule has 0 unspecified atom stereocenters. The maximum absolute atomic E-state index is 6.11. The van der Waals surface area contributed by atoms with Crippen molar-refractivity contribution in [1.29, 1.82) is 0 Å². The van der Waals surface area contributed by atoms with Crippen molar-refractivity contribution in [2.75, 3.05) is 18.5 Å². The number of benzene rings is 2. The highest BCUT2D eigenvalue weighted by Crippen LogP contribution is 2.29. The number of nitrogens with two attached hydrogens (primary N) is 1. The lowest BCUT2D eigenvalue weighted by Gasteiger charge is -2.14. The summed E-state index contributed by atoms with van der Waals surface area (Å²) in [6.45, 7) is 5.83. The molecule has 2 aromatic carbocycles. The molecule has 1 aromatic heterocycles. The van der Waals surface area contributed by atoms with Crippen molar-refractivity contribution in [2.24, 2.45) is 10.7 Å². The average Bonchev–Trinajstić information content (AvgIpc) is 2.79. The summed E-state index contributed by atoms with van der Waals surface area (Å²) in [7, 11) is 0. The molecule has 3 rings (SSSR count). The van der Waals surface area contributed by atoms with E-state index in [-0.39, 0.29) is 5.96 Å². The molecule has 0 bridgehead atoms. The van der Waals surface area contributed by atoms with E-state index in [1.807, 2.05) is 74.5 Å². The summed E-state index contributed by atoms with van der Waals surface area (Å²) < 4.78 is 17.0. The lowest BCUT2D eigenvalue weighted by Crippen LogP contribution is -2.23. The van der Waals surface area contributed by atoms with Crippen LogP contribution in [0.2, 0.25) is 0 Å². The molecule has 0 fully saturated rings. The fourth-order valence-electron chi connectivity index (χ4n) is 2.86. The predicted molar refractivity (Wildman–Crippen MR) is 123 cm³/mol. The lowest BCUT2D eigenvalue weighted by molar-refractivity contribution is 0.293. The molecule has 0 aliphatic carbocycles. The molecule has 0 saturated heterocycles. The number of guanidine groups is 1. The first-order valence-corrected chi connectivity index (χ1v) is 10.3. The Morgan fingerprint density at radius 1 is 0.935 bits per heavy atom. The van der Waals surface area contributed by atoms with Crippen LogP contribution in [0.3, 0.4) is 0 Å². The van der Waals surface area contributed by atoms with Gasteiger partial charge in [0.2, 0.25) is 5.88 Å². The average molecular weight is 421 g/mol. The number of aromatic nitrogens is 1. The number of anilines is 1. The summed E-state index contributed by atoms with van der Waals surface area (Å²) >= 11 is 0. The van der Waals surface area contributed by atoms with Crippen molar-refractivity contribution < 1.29 is 14.2 Å². The maximum atomic E-state index is 6.11. The summed E-state index contributed by atoms with van der Waals surface area (Å²) in [6.07, 6.45) is 1.70. The van der Waals surface area contributed by atoms with Crippen LogP contribution in [0.25, 0.3) is 0 Å². The molecule has 0 aliphatic heterocycles. The molecule has 0 atom stereocenters. The SMILES string of the molecule is CCOc1ccc(OCC)c(NC(N)=NCc2ccnc(OCc3ccccc3)c2)c1. The molecule has 0 radical (unpaired) electrons. The van der Waals surface area contributed by atoms with Crippen LogP contribution in [-0.2, 0) is 13.2 Å². The van der Waals surface area contributed by atoms with Crippen molar-refractivity contribution in [1.82, 2.24) is 4.98 Å². The standard InChI is InChI=1S/C24H28N4O3/c1-3-29-20-10-11-22(30-4-2)21(15-20)28-24(25)27-16-19-12-13-26-23(14-19)31-17-18-8-6-5-7-9-18/h5-15H,3-4,16-17H2,1-2H3,(H3,25,27,28). The van der Waals surface area contributed by atoms with Crippen molar-refractivity contribution in [3.63, 3.8) is 0 Å². The Balaban J connectivity index is 1.63. The van der Waals surface area contributed by atoms with Crippen LogP contribution >= 0.6 is 0 Å². The molecule has 3 aromatic rings. The Kier molecular flexibility index (Phi) is 8.11. The minimum atomic E-state index is 0.276. The third-order valence-electron chi connectivity index (χ3n) is 4.29. The second-order valence-electron chi connectivity index (χ2n) is 6.63. The van der Waals surface area contributed by atoms with E-state index in [1.165, 1.54) is 0 Å². The Hall–Kier alpha value is -3.74. The van der Waals surface area contributed by atoms with Gasteiger partial charge in [-0.05, 0) is 43.2 Å². The van der Waals surface area contributed by atoms with E-state index in [0.717, 1.165) is 16.9 Å². The number of rotatable bonds is 10. The normalized spacial score (nSPS) is 11.1. The first kappa shape index (κ1) is 22.0. The molecule has 31 heavy (non-hydrogen) atoms. The highest BCUT2D eigenvalue weighted by atomic mass is 16.5. The van der Waals surface area contributed by atoms with Gasteiger partial charge in [-0.1, -0.05) is 30.3 Å². The van der Waals surface area contributed by atoms with E-state index in [9.17, 15) is 0 Å². The van der Waals surface area contributed by atoms with E-state index in [4.69, 9.17) is 19.9 Å². The van der Waals surface area contributed by atoms with Crippen LogP contribution in [0.5, 0.6) is 17.4 Å². The van der Waals surface area contributed by atoms with Gasteiger partial charge in [0.15, 0.2) is 5.96 Å². The van der Waals surface area contributed by atoms with Crippen LogP contribution in [0.1, 0.15) is 25.0 Å². The summed E-state index contributed by atoms with van der Waals surface area (Å²) in [5.41, 5.74) is 8.84. The summed E-state index contributed by atoms with van der Waals surface area (Å²) in [5.74, 6) is 2.24. The van der Waals surface area contributed by atoms with Crippen LogP contribution in [-0.4, -0.2) is 24.2 Å². The molecular weight excluding hydrogens is 392 g/mol. The van der Waals surface area contributed by atoms with Gasteiger partial charge in [-0.25, -0.2) is 9.98 Å². The third kappa shape index (κ3) is 6.92. The van der Waals surface area contributed by atoms with Crippen molar-refractivity contribution in [3.8, 4) is 17.4 Å². The first-order valence-electron chi connectivity index (χ1n) is 10.3. The van der Waals surface area contributed by atoms with Gasteiger partial charge < -0.3 is 25.3 Å². The Morgan fingerprint density at radius 2 is 1.74 bits per heavy atom. The highest BCUT2D eigenvalue weighted by Gasteiger charge is 2.07. The second-order valence-corrected chi connectivity index (χ2v) is 6.63. The summed E-state index contributed by atoms with van der Waals surface area (Å²) in [6, 6.07) is 19.3. The van der Waals surface area contributed by atoms with Gasteiger partial charge in [-0.2, -0.15) is 0 Å². The largest absolute Gasteiger partial charge is 0.494 e.